The van der Waals surface area contributed by atoms with Gasteiger partial charge in [-0.25, -0.2) is 4.98 Å². The number of nitrogen functional groups attached to an aromatic ring is 1. The van der Waals surface area contributed by atoms with Crippen molar-refractivity contribution in [2.75, 3.05) is 24.3 Å². The number of aromatic nitrogens is 1. The first kappa shape index (κ1) is 12.8. The molecule has 18 heavy (non-hydrogen) atoms. The Kier molecular flexibility index (Phi) is 3.51. The van der Waals surface area contributed by atoms with Gasteiger partial charge in [-0.1, -0.05) is 0 Å². The van der Waals surface area contributed by atoms with E-state index >= 15 is 0 Å². The van der Waals surface area contributed by atoms with Crippen molar-refractivity contribution in [3.05, 3.63) is 16.7 Å². The molecule has 1 unspecified atom stereocenters. The molecule has 0 aromatic carbocycles. The molecule has 1 saturated heterocycles. The van der Waals surface area contributed by atoms with E-state index in [9.17, 15) is 9.59 Å². The molecule has 0 aliphatic carbocycles. The lowest BCUT2D eigenvalue weighted by molar-refractivity contribution is -0.145. The summed E-state index contributed by atoms with van der Waals surface area (Å²) >= 11 is 3.20. The van der Waals surface area contributed by atoms with Gasteiger partial charge in [0.1, 0.15) is 10.4 Å². The number of carbonyl (C=O) groups excluding carboxylic acids is 2. The smallest absolute Gasteiger partial charge is 0.311 e. The van der Waals surface area contributed by atoms with Gasteiger partial charge in [-0.2, -0.15) is 0 Å². The van der Waals surface area contributed by atoms with Crippen molar-refractivity contribution < 1.29 is 14.3 Å². The third-order valence-corrected chi connectivity index (χ3v) is 3.26. The summed E-state index contributed by atoms with van der Waals surface area (Å²) in [6.45, 7) is 0.277. The molecule has 2 heterocycles. The van der Waals surface area contributed by atoms with Gasteiger partial charge in [-0.15, -0.1) is 0 Å². The number of nitrogens with two attached hydrogens (primary N) is 1. The number of ether oxygens (including phenoxy) is 1. The zero-order chi connectivity index (χ0) is 13.3. The SMILES string of the molecule is COC(=O)C1CC(=O)N(c2ccc(Br)nc2N)C1. The number of methoxy groups -OCH3 is 1. The standard InChI is InChI=1S/C11H12BrN3O3/c1-18-11(17)6-4-9(16)15(5-6)7-2-3-8(12)14-10(7)13/h2-3,6H,4-5H2,1H3,(H2,13,14). The minimum atomic E-state index is -0.439. The number of nitrogens with zero attached hydrogens (tertiary/aromatic N) is 2. The highest BCUT2D eigenvalue weighted by atomic mass is 79.9. The summed E-state index contributed by atoms with van der Waals surface area (Å²) in [6.07, 6.45) is 0.141. The van der Waals surface area contributed by atoms with Crippen LogP contribution in [0.1, 0.15) is 6.42 Å². The highest BCUT2D eigenvalue weighted by Gasteiger charge is 2.36. The first-order chi connectivity index (χ1) is 8.52. The van der Waals surface area contributed by atoms with E-state index in [1.807, 2.05) is 0 Å². The van der Waals surface area contributed by atoms with Crippen LogP contribution in [0, 0.1) is 5.92 Å². The van der Waals surface area contributed by atoms with Crippen molar-refractivity contribution in [3.8, 4) is 0 Å². The zero-order valence-electron chi connectivity index (χ0n) is 9.72. The Hall–Kier alpha value is -1.63. The average Bonchev–Trinajstić information content (AvgIpc) is 2.70. The van der Waals surface area contributed by atoms with E-state index in [2.05, 4.69) is 25.7 Å². The molecule has 6 nitrogen and oxygen atoms in total. The van der Waals surface area contributed by atoms with Crippen molar-refractivity contribution in [2.24, 2.45) is 5.92 Å². The Morgan fingerprint density at radius 2 is 2.33 bits per heavy atom. The highest BCUT2D eigenvalue weighted by Crippen LogP contribution is 2.30. The maximum Gasteiger partial charge on any atom is 0.311 e. The van der Waals surface area contributed by atoms with Crippen molar-refractivity contribution in [2.45, 2.75) is 6.42 Å². The van der Waals surface area contributed by atoms with E-state index in [1.54, 1.807) is 12.1 Å². The lowest BCUT2D eigenvalue weighted by Gasteiger charge is -2.17. The number of halogens is 1. The summed E-state index contributed by atoms with van der Waals surface area (Å²) in [5, 5.41) is 0. The van der Waals surface area contributed by atoms with Crippen LogP contribution in [0.15, 0.2) is 16.7 Å². The second-order valence-electron chi connectivity index (χ2n) is 3.97. The van der Waals surface area contributed by atoms with E-state index in [-0.39, 0.29) is 30.7 Å². The molecule has 0 radical (unpaired) electrons. The van der Waals surface area contributed by atoms with Crippen LogP contribution in [0.2, 0.25) is 0 Å². The zero-order valence-corrected chi connectivity index (χ0v) is 11.3. The topological polar surface area (TPSA) is 85.5 Å². The van der Waals surface area contributed by atoms with Gasteiger partial charge in [0.2, 0.25) is 5.91 Å². The van der Waals surface area contributed by atoms with Gasteiger partial charge >= 0.3 is 5.97 Å². The van der Waals surface area contributed by atoms with Crippen molar-refractivity contribution in [3.63, 3.8) is 0 Å². The molecular weight excluding hydrogens is 302 g/mol. The molecule has 7 heteroatoms. The van der Waals surface area contributed by atoms with Crippen LogP contribution >= 0.6 is 15.9 Å². The van der Waals surface area contributed by atoms with Crippen LogP contribution < -0.4 is 10.6 Å². The summed E-state index contributed by atoms with van der Waals surface area (Å²) in [7, 11) is 1.31. The normalized spacial score (nSPS) is 19.1. The molecule has 1 aromatic heterocycles. The van der Waals surface area contributed by atoms with Crippen molar-refractivity contribution >= 4 is 39.3 Å². The number of hydrogen-bond acceptors (Lipinski definition) is 5. The molecule has 0 bridgehead atoms. The van der Waals surface area contributed by atoms with Crippen LogP contribution in [0.5, 0.6) is 0 Å². The van der Waals surface area contributed by atoms with Crippen LogP contribution in [0.4, 0.5) is 11.5 Å². The Labute approximate surface area is 112 Å². The van der Waals surface area contributed by atoms with Crippen molar-refractivity contribution in [1.29, 1.82) is 0 Å². The predicted molar refractivity (Wildman–Crippen MR) is 68.8 cm³/mol. The molecule has 1 aromatic rings. The lowest BCUT2D eigenvalue weighted by Crippen LogP contribution is -2.27. The number of rotatable bonds is 2. The first-order valence-corrected chi connectivity index (χ1v) is 6.12. The van der Waals surface area contributed by atoms with Gasteiger partial charge in [-0.05, 0) is 28.1 Å². The second-order valence-corrected chi connectivity index (χ2v) is 4.78. The fourth-order valence-electron chi connectivity index (χ4n) is 1.94. The van der Waals surface area contributed by atoms with E-state index in [0.717, 1.165) is 0 Å². The van der Waals surface area contributed by atoms with Crippen LogP contribution in [0.3, 0.4) is 0 Å². The van der Waals surface area contributed by atoms with Gasteiger partial charge in [0, 0.05) is 13.0 Å². The molecule has 2 rings (SSSR count). The molecule has 1 aliphatic heterocycles. The van der Waals surface area contributed by atoms with Gasteiger partial charge in [0.25, 0.3) is 0 Å². The summed E-state index contributed by atoms with van der Waals surface area (Å²) in [4.78, 5) is 28.8. The third-order valence-electron chi connectivity index (χ3n) is 2.82. The second kappa shape index (κ2) is 4.93. The predicted octanol–water partition coefficient (Wildman–Crippen LogP) is 0.952. The molecule has 2 N–H and O–H groups in total. The molecule has 1 atom stereocenters. The quantitative estimate of drug-likeness (QED) is 0.649. The summed E-state index contributed by atoms with van der Waals surface area (Å²) in [5.74, 6) is -0.718. The highest BCUT2D eigenvalue weighted by molar-refractivity contribution is 9.10. The minimum absolute atomic E-state index is 0.141. The largest absolute Gasteiger partial charge is 0.469 e. The number of carbonyl (C=O) groups is 2. The molecule has 96 valence electrons. The molecule has 0 spiro atoms. The minimum Gasteiger partial charge on any atom is -0.469 e. The number of pyridine rings is 1. The molecule has 1 fully saturated rings. The molecule has 1 amide bonds. The summed E-state index contributed by atoms with van der Waals surface area (Å²) in [5.41, 5.74) is 6.29. The maximum absolute atomic E-state index is 11.9. The number of anilines is 2. The van der Waals surface area contributed by atoms with E-state index in [0.29, 0.717) is 10.3 Å². The summed E-state index contributed by atoms with van der Waals surface area (Å²) < 4.78 is 5.24. The lowest BCUT2D eigenvalue weighted by atomic mass is 10.1. The third kappa shape index (κ3) is 2.31. The fraction of sp³-hybridized carbons (Fsp3) is 0.364. The van der Waals surface area contributed by atoms with Crippen molar-refractivity contribution in [1.82, 2.24) is 4.98 Å². The fourth-order valence-corrected chi connectivity index (χ4v) is 2.26. The monoisotopic (exact) mass is 313 g/mol. The van der Waals surface area contributed by atoms with Crippen LogP contribution in [0.25, 0.3) is 0 Å². The Balaban J connectivity index is 2.24. The van der Waals surface area contributed by atoms with E-state index in [4.69, 9.17) is 5.73 Å². The van der Waals surface area contributed by atoms with Gasteiger partial charge in [0.15, 0.2) is 0 Å². The number of amides is 1. The molecular formula is C11H12BrN3O3. The van der Waals surface area contributed by atoms with E-state index < -0.39 is 5.92 Å². The molecule has 0 saturated carbocycles. The molecule has 1 aliphatic rings. The van der Waals surface area contributed by atoms with Crippen LogP contribution in [-0.2, 0) is 14.3 Å². The van der Waals surface area contributed by atoms with Crippen LogP contribution in [-0.4, -0.2) is 30.5 Å². The average molecular weight is 314 g/mol. The number of esters is 1. The van der Waals surface area contributed by atoms with Gasteiger partial charge < -0.3 is 15.4 Å². The Morgan fingerprint density at radius 3 is 2.94 bits per heavy atom. The van der Waals surface area contributed by atoms with Gasteiger partial charge in [0.05, 0.1) is 18.7 Å². The van der Waals surface area contributed by atoms with E-state index in [1.165, 1.54) is 12.0 Å². The Morgan fingerprint density at radius 1 is 1.61 bits per heavy atom. The first-order valence-electron chi connectivity index (χ1n) is 5.33. The summed E-state index contributed by atoms with van der Waals surface area (Å²) in [6, 6.07) is 3.40. The maximum atomic E-state index is 11.9. The van der Waals surface area contributed by atoms with Gasteiger partial charge in [-0.3, -0.25) is 9.59 Å². The number of hydrogen-bond donors (Lipinski definition) is 1. The Bertz CT molecular complexity index is 506.